The van der Waals surface area contributed by atoms with Crippen LogP contribution in [0, 0.1) is 0 Å². The molecule has 0 aliphatic rings. The standard InChI is InChI=1S/C12H14BrN5O/c1-3-8-10(14)11(18(2)17-8)12(19)16-9-4-5-15-6-7(9)13/h4-6H,3,14H2,1-2H3,(H,15,16,19). The summed E-state index contributed by atoms with van der Waals surface area (Å²) in [6, 6.07) is 1.70. The molecule has 0 saturated carbocycles. The van der Waals surface area contributed by atoms with E-state index in [1.54, 1.807) is 25.5 Å². The van der Waals surface area contributed by atoms with Crippen molar-refractivity contribution < 1.29 is 4.79 Å². The molecule has 0 atom stereocenters. The molecule has 2 aromatic rings. The van der Waals surface area contributed by atoms with Gasteiger partial charge >= 0.3 is 0 Å². The van der Waals surface area contributed by atoms with E-state index in [0.29, 0.717) is 28.0 Å². The number of carbonyl (C=O) groups excluding carboxylic acids is 1. The highest BCUT2D eigenvalue weighted by atomic mass is 79.9. The minimum Gasteiger partial charge on any atom is -0.395 e. The van der Waals surface area contributed by atoms with Crippen LogP contribution < -0.4 is 11.1 Å². The Morgan fingerprint density at radius 1 is 1.58 bits per heavy atom. The zero-order chi connectivity index (χ0) is 14.0. The normalized spacial score (nSPS) is 10.5. The summed E-state index contributed by atoms with van der Waals surface area (Å²) in [5, 5.41) is 7.00. The minimum absolute atomic E-state index is 0.292. The van der Waals surface area contributed by atoms with Crippen molar-refractivity contribution in [1.82, 2.24) is 14.8 Å². The molecule has 2 rings (SSSR count). The fraction of sp³-hybridized carbons (Fsp3) is 0.250. The first-order valence-corrected chi connectivity index (χ1v) is 6.56. The van der Waals surface area contributed by atoms with Crippen molar-refractivity contribution >= 4 is 33.2 Å². The Labute approximate surface area is 119 Å². The number of carbonyl (C=O) groups is 1. The van der Waals surface area contributed by atoms with Crippen LogP contribution in [0.1, 0.15) is 23.1 Å². The van der Waals surface area contributed by atoms with Crippen LogP contribution in [0.15, 0.2) is 22.9 Å². The first-order valence-electron chi connectivity index (χ1n) is 5.76. The van der Waals surface area contributed by atoms with Gasteiger partial charge in [0.25, 0.3) is 5.91 Å². The van der Waals surface area contributed by atoms with Crippen LogP contribution in [0.25, 0.3) is 0 Å². The molecule has 2 aromatic heterocycles. The van der Waals surface area contributed by atoms with Gasteiger partial charge in [-0.1, -0.05) is 6.92 Å². The van der Waals surface area contributed by atoms with Crippen LogP contribution in [0.5, 0.6) is 0 Å². The van der Waals surface area contributed by atoms with E-state index < -0.39 is 0 Å². The molecule has 0 bridgehead atoms. The van der Waals surface area contributed by atoms with Gasteiger partial charge in [-0.2, -0.15) is 5.10 Å². The minimum atomic E-state index is -0.292. The molecule has 0 spiro atoms. The molecule has 0 saturated heterocycles. The molecule has 100 valence electrons. The predicted molar refractivity (Wildman–Crippen MR) is 76.9 cm³/mol. The van der Waals surface area contributed by atoms with Gasteiger partial charge in [-0.05, 0) is 28.4 Å². The van der Waals surface area contributed by atoms with Gasteiger partial charge in [0.1, 0.15) is 5.69 Å². The van der Waals surface area contributed by atoms with E-state index in [-0.39, 0.29) is 5.91 Å². The highest BCUT2D eigenvalue weighted by molar-refractivity contribution is 9.10. The Balaban J connectivity index is 2.31. The molecule has 1 amide bonds. The Kier molecular flexibility index (Phi) is 3.84. The van der Waals surface area contributed by atoms with E-state index in [2.05, 4.69) is 31.3 Å². The second-order valence-corrected chi connectivity index (χ2v) is 4.85. The van der Waals surface area contributed by atoms with E-state index in [4.69, 9.17) is 5.73 Å². The van der Waals surface area contributed by atoms with Crippen molar-refractivity contribution in [2.45, 2.75) is 13.3 Å². The molecule has 6 nitrogen and oxygen atoms in total. The summed E-state index contributed by atoms with van der Waals surface area (Å²) < 4.78 is 2.21. The van der Waals surface area contributed by atoms with Crippen LogP contribution in [-0.2, 0) is 13.5 Å². The number of hydrogen-bond donors (Lipinski definition) is 2. The van der Waals surface area contributed by atoms with E-state index in [9.17, 15) is 4.79 Å². The molecule has 2 heterocycles. The average molecular weight is 324 g/mol. The number of aryl methyl sites for hydroxylation is 2. The Bertz CT molecular complexity index is 623. The molecule has 7 heteroatoms. The molecule has 0 aromatic carbocycles. The van der Waals surface area contributed by atoms with Gasteiger partial charge in [0.2, 0.25) is 0 Å². The molecule has 0 unspecified atom stereocenters. The van der Waals surface area contributed by atoms with Crippen molar-refractivity contribution in [1.29, 1.82) is 0 Å². The van der Waals surface area contributed by atoms with Crippen molar-refractivity contribution in [3.05, 3.63) is 34.3 Å². The van der Waals surface area contributed by atoms with Crippen LogP contribution in [-0.4, -0.2) is 20.7 Å². The van der Waals surface area contributed by atoms with Crippen LogP contribution in [0.4, 0.5) is 11.4 Å². The SMILES string of the molecule is CCc1nn(C)c(C(=O)Nc2ccncc2Br)c1N. The summed E-state index contributed by atoms with van der Waals surface area (Å²) in [5.41, 5.74) is 8.09. The van der Waals surface area contributed by atoms with Crippen LogP contribution in [0.3, 0.4) is 0 Å². The third-order valence-electron chi connectivity index (χ3n) is 2.73. The largest absolute Gasteiger partial charge is 0.395 e. The number of amides is 1. The molecule has 0 radical (unpaired) electrons. The van der Waals surface area contributed by atoms with Gasteiger partial charge in [0, 0.05) is 19.4 Å². The topological polar surface area (TPSA) is 85.8 Å². The zero-order valence-corrected chi connectivity index (χ0v) is 12.2. The van der Waals surface area contributed by atoms with Gasteiger partial charge in [-0.3, -0.25) is 14.5 Å². The second kappa shape index (κ2) is 5.40. The van der Waals surface area contributed by atoms with Crippen LogP contribution in [0.2, 0.25) is 0 Å². The second-order valence-electron chi connectivity index (χ2n) is 4.00. The first kappa shape index (κ1) is 13.5. The number of hydrogen-bond acceptors (Lipinski definition) is 4. The monoisotopic (exact) mass is 323 g/mol. The summed E-state index contributed by atoms with van der Waals surface area (Å²) in [4.78, 5) is 16.2. The average Bonchev–Trinajstić information content (AvgIpc) is 2.67. The Morgan fingerprint density at radius 3 is 2.89 bits per heavy atom. The number of halogens is 1. The van der Waals surface area contributed by atoms with Gasteiger partial charge in [0.05, 0.1) is 21.5 Å². The first-order chi connectivity index (χ1) is 9.04. The maximum absolute atomic E-state index is 12.2. The van der Waals surface area contributed by atoms with Crippen molar-refractivity contribution in [2.24, 2.45) is 7.05 Å². The summed E-state index contributed by atoms with van der Waals surface area (Å²) in [6.07, 6.45) is 3.90. The maximum Gasteiger partial charge on any atom is 0.276 e. The lowest BCUT2D eigenvalue weighted by atomic mass is 10.2. The molecular formula is C12H14BrN5O. The number of aromatic nitrogens is 3. The number of pyridine rings is 1. The third-order valence-corrected chi connectivity index (χ3v) is 3.36. The summed E-state index contributed by atoms with van der Waals surface area (Å²) in [7, 11) is 1.70. The number of nitrogens with two attached hydrogens (primary N) is 1. The lowest BCUT2D eigenvalue weighted by Gasteiger charge is -2.07. The number of rotatable bonds is 3. The van der Waals surface area contributed by atoms with Crippen molar-refractivity contribution in [3.63, 3.8) is 0 Å². The number of nitrogens with one attached hydrogen (secondary N) is 1. The zero-order valence-electron chi connectivity index (χ0n) is 10.6. The summed E-state index contributed by atoms with van der Waals surface area (Å²) in [6.45, 7) is 1.94. The van der Waals surface area contributed by atoms with Gasteiger partial charge in [-0.25, -0.2) is 0 Å². The molecule has 0 fully saturated rings. The van der Waals surface area contributed by atoms with E-state index in [1.165, 1.54) is 4.68 Å². The highest BCUT2D eigenvalue weighted by Crippen LogP contribution is 2.23. The van der Waals surface area contributed by atoms with Crippen molar-refractivity contribution in [2.75, 3.05) is 11.1 Å². The smallest absolute Gasteiger partial charge is 0.276 e. The third kappa shape index (κ3) is 2.60. The molecular weight excluding hydrogens is 310 g/mol. The Hall–Kier alpha value is -1.89. The van der Waals surface area contributed by atoms with Crippen molar-refractivity contribution in [3.8, 4) is 0 Å². The molecule has 0 aliphatic carbocycles. The maximum atomic E-state index is 12.2. The summed E-state index contributed by atoms with van der Waals surface area (Å²) >= 11 is 3.32. The van der Waals surface area contributed by atoms with Crippen LogP contribution >= 0.6 is 15.9 Å². The fourth-order valence-electron chi connectivity index (χ4n) is 1.78. The van der Waals surface area contributed by atoms with Gasteiger partial charge in [0.15, 0.2) is 0 Å². The van der Waals surface area contributed by atoms with E-state index >= 15 is 0 Å². The summed E-state index contributed by atoms with van der Waals surface area (Å²) in [5.74, 6) is -0.292. The molecule has 19 heavy (non-hydrogen) atoms. The van der Waals surface area contributed by atoms with E-state index in [0.717, 1.165) is 5.69 Å². The van der Waals surface area contributed by atoms with Gasteiger partial charge < -0.3 is 11.1 Å². The fourth-order valence-corrected chi connectivity index (χ4v) is 2.13. The Morgan fingerprint density at radius 2 is 2.32 bits per heavy atom. The van der Waals surface area contributed by atoms with Gasteiger partial charge in [-0.15, -0.1) is 0 Å². The van der Waals surface area contributed by atoms with E-state index in [1.807, 2.05) is 6.92 Å². The lowest BCUT2D eigenvalue weighted by molar-refractivity contribution is 0.101. The number of nitrogen functional groups attached to an aromatic ring is 1. The number of anilines is 2. The predicted octanol–water partition coefficient (Wildman–Crippen LogP) is 1.97. The molecule has 3 N–H and O–H groups in total. The quantitative estimate of drug-likeness (QED) is 0.904. The number of nitrogens with zero attached hydrogens (tertiary/aromatic N) is 3. The highest BCUT2D eigenvalue weighted by Gasteiger charge is 2.19. The lowest BCUT2D eigenvalue weighted by Crippen LogP contribution is -2.18. The molecule has 0 aliphatic heterocycles.